The Bertz CT molecular complexity index is 4560. The molecule has 0 radical (unpaired) electrons. The number of para-hydroxylation sites is 3. The van der Waals surface area contributed by atoms with Gasteiger partial charge in [0.25, 0.3) is 0 Å². The van der Waals surface area contributed by atoms with E-state index in [1.54, 1.807) is 110 Å². The van der Waals surface area contributed by atoms with Gasteiger partial charge in [-0.25, -0.2) is 4.39 Å². The average molecular weight is 1720 g/mol. The van der Waals surface area contributed by atoms with Crippen LogP contribution in [0.3, 0.4) is 0 Å². The van der Waals surface area contributed by atoms with Gasteiger partial charge in [0, 0.05) is 176 Å². The van der Waals surface area contributed by atoms with E-state index in [1.807, 2.05) is 109 Å². The first kappa shape index (κ1) is 95.1. The summed E-state index contributed by atoms with van der Waals surface area (Å²) in [4.78, 5) is 84.0. The lowest BCUT2D eigenvalue weighted by atomic mass is 9.99. The van der Waals surface area contributed by atoms with Gasteiger partial charge in [-0.3, -0.25) is 33.8 Å². The fourth-order valence-electron chi connectivity index (χ4n) is 13.9. The van der Waals surface area contributed by atoms with Crippen LogP contribution in [0.2, 0.25) is 0 Å². The third-order valence-corrected chi connectivity index (χ3v) is 25.3. The summed E-state index contributed by atoms with van der Waals surface area (Å²) < 4.78 is 34.0. The molecule has 0 bridgehead atoms. The molecule has 0 aromatic heterocycles. The van der Waals surface area contributed by atoms with E-state index in [0.29, 0.717) is 63.4 Å². The number of carbonyl (C=O) groups excluding carboxylic acids is 5. The third-order valence-electron chi connectivity index (χ3n) is 20.9. The van der Waals surface area contributed by atoms with Crippen molar-refractivity contribution in [3.05, 3.63) is 264 Å². The fourth-order valence-corrected chi connectivity index (χ4v) is 17.4. The van der Waals surface area contributed by atoms with Crippen molar-refractivity contribution in [1.29, 1.82) is 0 Å². The summed E-state index contributed by atoms with van der Waals surface area (Å²) in [5.74, 6) is 3.22. The highest BCUT2D eigenvalue weighted by molar-refractivity contribution is 8.00. The number of ether oxygens (including phenoxy) is 4. The number of rotatable bonds is 37. The smallest absolute Gasteiger partial charge is 0.318 e. The van der Waals surface area contributed by atoms with Gasteiger partial charge in [0.2, 0.25) is 23.6 Å². The molecule has 3 fully saturated rings. The molecule has 0 spiro atoms. The van der Waals surface area contributed by atoms with Crippen LogP contribution in [0.25, 0.3) is 0 Å². The maximum absolute atomic E-state index is 12.9. The van der Waals surface area contributed by atoms with Gasteiger partial charge in [-0.1, -0.05) is 109 Å². The van der Waals surface area contributed by atoms with Crippen LogP contribution >= 0.6 is 47.0 Å². The Balaban J connectivity index is 0.000000184. The van der Waals surface area contributed by atoms with Crippen LogP contribution in [0.5, 0.6) is 23.0 Å². The van der Waals surface area contributed by atoms with Crippen molar-refractivity contribution in [3.63, 3.8) is 0 Å². The molecule has 9 aromatic carbocycles. The van der Waals surface area contributed by atoms with E-state index in [-0.39, 0.29) is 46.7 Å². The highest BCUT2D eigenvalue weighted by atomic mass is 32.2. The molecule has 1 unspecified atom stereocenters. The van der Waals surface area contributed by atoms with Crippen LogP contribution in [0.4, 0.5) is 15.8 Å². The van der Waals surface area contributed by atoms with Gasteiger partial charge in [0.15, 0.2) is 0 Å². The van der Waals surface area contributed by atoms with Gasteiger partial charge in [-0.05, 0) is 198 Å². The van der Waals surface area contributed by atoms with E-state index in [4.69, 9.17) is 18.9 Å². The zero-order valence-corrected chi connectivity index (χ0v) is 74.0. The molecule has 9 aromatic rings. The first-order valence-electron chi connectivity index (χ1n) is 41.5. The molecule has 121 heavy (non-hydrogen) atoms. The number of carbonyl (C=O) groups is 5. The van der Waals surface area contributed by atoms with Gasteiger partial charge >= 0.3 is 5.97 Å². The minimum absolute atomic E-state index is 0.150. The van der Waals surface area contributed by atoms with Crippen LogP contribution in [0.15, 0.2) is 244 Å². The second kappa shape index (κ2) is 52.6. The van der Waals surface area contributed by atoms with Crippen molar-refractivity contribution >= 4 is 88.0 Å². The number of hydrogen-bond acceptors (Lipinski definition) is 20. The molecule has 12 rings (SSSR count). The summed E-state index contributed by atoms with van der Waals surface area (Å²) >= 11 is 6.59. The average Bonchev–Trinajstić information content (AvgIpc) is 0.826. The van der Waals surface area contributed by atoms with Crippen molar-refractivity contribution in [3.8, 4) is 23.0 Å². The largest absolute Gasteiger partial charge is 0.508 e. The van der Waals surface area contributed by atoms with Crippen LogP contribution in [0, 0.1) is 11.7 Å². The maximum Gasteiger partial charge on any atom is 0.318 e. The number of phenols is 3. The first-order valence-corrected chi connectivity index (χ1v) is 45.4. The zero-order valence-electron chi connectivity index (χ0n) is 70.8. The van der Waals surface area contributed by atoms with E-state index in [2.05, 4.69) is 98.5 Å². The Morgan fingerprint density at radius 2 is 0.769 bits per heavy atom. The van der Waals surface area contributed by atoms with E-state index >= 15 is 0 Å². The lowest BCUT2D eigenvalue weighted by Crippen LogP contribution is -2.49. The molecule has 646 valence electrons. The molecule has 0 saturated carbocycles. The number of phenolic OH excluding ortho intramolecular Hbond substituents is 3. The Hall–Kier alpha value is -9.70. The molecule has 20 nitrogen and oxygen atoms in total. The number of aromatic hydroxyl groups is 3. The predicted octanol–water partition coefficient (Wildman–Crippen LogP) is 16.4. The van der Waals surface area contributed by atoms with E-state index < -0.39 is 11.9 Å². The quantitative estimate of drug-likeness (QED) is 0.0143. The van der Waals surface area contributed by atoms with Crippen molar-refractivity contribution in [2.45, 2.75) is 97.1 Å². The molecule has 3 saturated heterocycles. The topological polar surface area (TPSA) is 209 Å². The number of thioether (sulfide) groups is 4. The molecular weight excluding hydrogens is 1600 g/mol. The summed E-state index contributed by atoms with van der Waals surface area (Å²) in [7, 11) is 10.2. The number of anilines is 2. The van der Waals surface area contributed by atoms with Crippen molar-refractivity contribution in [2.24, 2.45) is 5.92 Å². The number of piperazine rings is 1. The molecular formula is C96H119FN8O12S4. The number of nitrogens with zero attached hydrogens (tertiary/aromatic N) is 8. The molecule has 1 atom stereocenters. The molecule has 3 N–H and O–H groups in total. The van der Waals surface area contributed by atoms with Gasteiger partial charge in [0.05, 0.1) is 40.6 Å². The number of benzene rings is 9. The van der Waals surface area contributed by atoms with Crippen LogP contribution < -0.4 is 14.5 Å². The normalized spacial score (nSPS) is 13.6. The van der Waals surface area contributed by atoms with E-state index in [9.17, 15) is 43.7 Å². The minimum Gasteiger partial charge on any atom is -0.508 e. The molecule has 4 amide bonds. The minimum atomic E-state index is -0.866. The second-order valence-electron chi connectivity index (χ2n) is 29.8. The summed E-state index contributed by atoms with van der Waals surface area (Å²) in [5, 5.41) is 28.1. The summed E-state index contributed by atoms with van der Waals surface area (Å²) in [6, 6.07) is 70.7. The van der Waals surface area contributed by atoms with Crippen molar-refractivity contribution in [2.75, 3.05) is 167 Å². The molecule has 3 aliphatic heterocycles. The molecule has 3 heterocycles. The Morgan fingerprint density at radius 3 is 1.22 bits per heavy atom. The Morgan fingerprint density at radius 1 is 0.405 bits per heavy atom. The van der Waals surface area contributed by atoms with Crippen LogP contribution in [-0.4, -0.2) is 232 Å². The van der Waals surface area contributed by atoms with E-state index in [0.717, 1.165) is 160 Å². The zero-order chi connectivity index (χ0) is 85.9. The molecule has 3 aliphatic rings. The number of hydrogen-bond donors (Lipinski definition) is 3. The number of esters is 1. The first-order chi connectivity index (χ1) is 58.8. The Labute approximate surface area is 732 Å². The van der Waals surface area contributed by atoms with Crippen molar-refractivity contribution in [1.82, 2.24) is 29.4 Å². The number of methoxy groups -OCH3 is 2. The standard InChI is InChI=1S/C28H40N4O3S.C25H27NO2S.C22H27FN2O2S.C21H25NO5S/c1-29(28(34)7-4-22-36-26-10-8-25(33)9-11-26)23-24-5-2-3-6-27(24)32-16-14-30(15-17-32)12-13-31-18-20-35-21-19-31;1-26(25(28)12-7-17-29-24-15-13-23(27)14-16-24)19-22-11-6-5-10-21(22)18-20-8-3-2-4-9-20;1-24(22(26)7-4-16-28-20-10-8-19(23)9-11-20)17-18-5-2-3-6-21(18)25-12-14-27-15-13-25;1-22(14-15-6-4-5-7-19(15)26-2)20(24)18(21(25)27-3)12-13-28-17-10-8-16(23)9-11-17/h2-3,5-6,8-11,33H,4,7,12-23H2,1H3;2-6,8-11,13-16,27H,7,12,17-19H2,1H3;2-3,5-6,8-11H,4,7,12-17H2,1H3;4-11,18,23H,12-14H2,1-3H3. The molecule has 25 heteroatoms. The SMILES string of the molecule is CN(Cc1ccccc1Cc1ccccc1)C(=O)CCCSc1ccc(O)cc1.CN(Cc1ccccc1N1CCN(CCN2CCOCC2)CC1)C(=O)CCCSc1ccc(O)cc1.CN(Cc1ccccc1N1CCOCC1)C(=O)CCCSc1ccc(F)cc1.COC(=O)C(CCSc1ccc(O)cc1)C(=O)N(C)Cc1ccccc1OC. The fraction of sp³-hybridized carbons (Fsp3) is 0.385. The van der Waals surface area contributed by atoms with Gasteiger partial charge in [-0.15, -0.1) is 47.0 Å². The third kappa shape index (κ3) is 33.6. The maximum atomic E-state index is 12.9. The summed E-state index contributed by atoms with van der Waals surface area (Å²) in [5.41, 5.74) is 9.44. The molecule has 0 aliphatic carbocycles. The number of morpholine rings is 2. The summed E-state index contributed by atoms with van der Waals surface area (Å²) in [6.45, 7) is 15.7. The Kier molecular flexibility index (Phi) is 41.3. The number of amides is 4. The summed E-state index contributed by atoms with van der Waals surface area (Å²) in [6.07, 6.45) is 5.31. The van der Waals surface area contributed by atoms with Crippen LogP contribution in [-0.2, 0) is 70.8 Å². The van der Waals surface area contributed by atoms with Gasteiger partial charge in [0.1, 0.15) is 34.7 Å². The van der Waals surface area contributed by atoms with Gasteiger partial charge < -0.3 is 63.7 Å². The highest BCUT2D eigenvalue weighted by Gasteiger charge is 2.31. The lowest BCUT2D eigenvalue weighted by Gasteiger charge is -2.38. The van der Waals surface area contributed by atoms with Crippen LogP contribution in [0.1, 0.15) is 78.3 Å². The van der Waals surface area contributed by atoms with Crippen molar-refractivity contribution < 1.29 is 62.6 Å². The lowest BCUT2D eigenvalue weighted by molar-refractivity contribution is -0.153. The second-order valence-corrected chi connectivity index (χ2v) is 34.5. The van der Waals surface area contributed by atoms with E-state index in [1.165, 1.54) is 75.1 Å². The monoisotopic (exact) mass is 1720 g/mol. The predicted molar refractivity (Wildman–Crippen MR) is 488 cm³/mol. The number of halogens is 1. The highest BCUT2D eigenvalue weighted by Crippen LogP contribution is 2.31. The van der Waals surface area contributed by atoms with Gasteiger partial charge in [-0.2, -0.15) is 0 Å².